The summed E-state index contributed by atoms with van der Waals surface area (Å²) >= 11 is 1.67. The van der Waals surface area contributed by atoms with Crippen molar-refractivity contribution in [2.24, 2.45) is 5.92 Å². The number of rotatable bonds is 10. The van der Waals surface area contributed by atoms with Gasteiger partial charge in [0.2, 0.25) is 0 Å². The van der Waals surface area contributed by atoms with Crippen LogP contribution in [0.15, 0.2) is 30.0 Å². The van der Waals surface area contributed by atoms with Crippen LogP contribution in [0.3, 0.4) is 0 Å². The molecule has 7 heteroatoms. The predicted molar refractivity (Wildman–Crippen MR) is 110 cm³/mol. The van der Waals surface area contributed by atoms with Gasteiger partial charge in [-0.3, -0.25) is 4.90 Å². The number of piperidine rings is 1. The third-order valence-electron chi connectivity index (χ3n) is 4.75. The van der Waals surface area contributed by atoms with Gasteiger partial charge in [-0.1, -0.05) is 12.7 Å². The predicted octanol–water partition coefficient (Wildman–Crippen LogP) is 3.92. The van der Waals surface area contributed by atoms with Crippen molar-refractivity contribution in [1.29, 1.82) is 0 Å². The number of carbonyl (C=O) groups excluding carboxylic acids is 1. The maximum Gasteiger partial charge on any atom is 0.406 e. The second-order valence-corrected chi connectivity index (χ2v) is 7.55. The number of likely N-dealkylation sites (tertiary alicyclic amines) is 1. The molecule has 1 aliphatic heterocycles. The lowest BCUT2D eigenvalue weighted by molar-refractivity contribution is 0.161. The summed E-state index contributed by atoms with van der Waals surface area (Å²) in [6, 6.07) is 0. The molecule has 150 valence electrons. The number of hydrogen-bond donors (Lipinski definition) is 1. The Hall–Kier alpha value is -1.86. The Morgan fingerprint density at radius 1 is 1.44 bits per heavy atom. The summed E-state index contributed by atoms with van der Waals surface area (Å²) in [6.45, 7) is 10.3. The molecular weight excluding hydrogens is 362 g/mol. The van der Waals surface area contributed by atoms with Crippen molar-refractivity contribution in [3.05, 3.63) is 35.0 Å². The molecule has 0 aliphatic carbocycles. The van der Waals surface area contributed by atoms with Crippen LogP contribution in [0.1, 0.15) is 37.6 Å². The van der Waals surface area contributed by atoms with Crippen molar-refractivity contribution in [3.8, 4) is 0 Å². The average Bonchev–Trinajstić information content (AvgIpc) is 3.21. The van der Waals surface area contributed by atoms with Crippen LogP contribution in [-0.2, 0) is 9.47 Å². The maximum atomic E-state index is 11.2. The van der Waals surface area contributed by atoms with Crippen LogP contribution in [0.5, 0.6) is 0 Å². The monoisotopic (exact) mass is 393 g/mol. The SMILES string of the molecule is C=C(CC/C(=C/CN1CCC(CNC(=O)OC)CC1)c1nccs1)OCC. The van der Waals surface area contributed by atoms with E-state index in [1.54, 1.807) is 11.3 Å². The molecule has 0 saturated carbocycles. The molecule has 2 heterocycles. The number of alkyl carbamates (subject to hydrolysis) is 1. The number of nitrogens with one attached hydrogen (secondary N) is 1. The first-order valence-electron chi connectivity index (χ1n) is 9.56. The van der Waals surface area contributed by atoms with E-state index in [4.69, 9.17) is 4.74 Å². The molecule has 0 radical (unpaired) electrons. The highest BCUT2D eigenvalue weighted by atomic mass is 32.1. The Labute approximate surface area is 166 Å². The minimum absolute atomic E-state index is 0.345. The molecule has 0 unspecified atom stereocenters. The third kappa shape index (κ3) is 7.72. The van der Waals surface area contributed by atoms with Crippen LogP contribution in [0, 0.1) is 5.92 Å². The van der Waals surface area contributed by atoms with Crippen molar-refractivity contribution in [3.63, 3.8) is 0 Å². The third-order valence-corrected chi connectivity index (χ3v) is 5.60. The van der Waals surface area contributed by atoms with Crippen molar-refractivity contribution < 1.29 is 14.3 Å². The Balaban J connectivity index is 1.82. The molecule has 1 fully saturated rings. The van der Waals surface area contributed by atoms with E-state index < -0.39 is 0 Å². The van der Waals surface area contributed by atoms with E-state index in [9.17, 15) is 4.79 Å². The Morgan fingerprint density at radius 3 is 2.85 bits per heavy atom. The highest BCUT2D eigenvalue weighted by Gasteiger charge is 2.19. The quantitative estimate of drug-likeness (QED) is 0.610. The maximum absolute atomic E-state index is 11.2. The lowest BCUT2D eigenvalue weighted by atomic mass is 9.97. The van der Waals surface area contributed by atoms with Crippen LogP contribution >= 0.6 is 11.3 Å². The summed E-state index contributed by atoms with van der Waals surface area (Å²) in [6.07, 6.45) is 7.70. The van der Waals surface area contributed by atoms with Gasteiger partial charge in [0.15, 0.2) is 0 Å². The van der Waals surface area contributed by atoms with E-state index in [1.807, 2.05) is 18.5 Å². The van der Waals surface area contributed by atoms with Gasteiger partial charge in [-0.15, -0.1) is 11.3 Å². The standard InChI is InChI=1S/C20H31N3O3S/c1-4-26-16(2)5-6-18(19-21-10-14-27-19)9-13-23-11-7-17(8-12-23)15-22-20(24)25-3/h9-10,14,17H,2,4-8,11-13,15H2,1,3H3,(H,22,24)/b18-9-. The first-order valence-corrected chi connectivity index (χ1v) is 10.4. The van der Waals surface area contributed by atoms with Gasteiger partial charge >= 0.3 is 6.09 Å². The number of hydrogen-bond acceptors (Lipinski definition) is 6. The van der Waals surface area contributed by atoms with Gasteiger partial charge in [-0.2, -0.15) is 0 Å². The molecule has 1 N–H and O–H groups in total. The van der Waals surface area contributed by atoms with E-state index in [-0.39, 0.29) is 6.09 Å². The summed E-state index contributed by atoms with van der Waals surface area (Å²) in [5.74, 6) is 1.36. The van der Waals surface area contributed by atoms with Crippen molar-refractivity contribution in [2.75, 3.05) is 39.9 Å². The van der Waals surface area contributed by atoms with E-state index in [1.165, 1.54) is 12.7 Å². The zero-order chi connectivity index (χ0) is 19.5. The number of amides is 1. The van der Waals surface area contributed by atoms with Crippen LogP contribution in [-0.4, -0.2) is 55.9 Å². The number of carbonyl (C=O) groups is 1. The van der Waals surface area contributed by atoms with Crippen molar-refractivity contribution >= 4 is 23.0 Å². The summed E-state index contributed by atoms with van der Waals surface area (Å²) in [7, 11) is 1.40. The first kappa shape index (κ1) is 21.4. The normalized spacial score (nSPS) is 16.1. The van der Waals surface area contributed by atoms with E-state index in [0.29, 0.717) is 19.1 Å². The fourth-order valence-electron chi connectivity index (χ4n) is 3.14. The fraction of sp³-hybridized carbons (Fsp3) is 0.600. The van der Waals surface area contributed by atoms with Gasteiger partial charge in [0.25, 0.3) is 0 Å². The molecule has 2 rings (SSSR count). The fourth-order valence-corrected chi connectivity index (χ4v) is 3.85. The second kappa shape index (κ2) is 11.8. The molecule has 1 aromatic heterocycles. The molecule has 1 aromatic rings. The Morgan fingerprint density at radius 2 is 2.22 bits per heavy atom. The van der Waals surface area contributed by atoms with Gasteiger partial charge in [0.1, 0.15) is 5.01 Å². The van der Waals surface area contributed by atoms with E-state index in [2.05, 4.69) is 32.6 Å². The molecule has 0 bridgehead atoms. The Bertz CT molecular complexity index is 608. The number of thiazole rings is 1. The van der Waals surface area contributed by atoms with E-state index in [0.717, 1.165) is 56.1 Å². The van der Waals surface area contributed by atoms with Crippen LogP contribution in [0.25, 0.3) is 5.57 Å². The molecule has 1 amide bonds. The lowest BCUT2D eigenvalue weighted by Gasteiger charge is -2.31. The van der Waals surface area contributed by atoms with Gasteiger partial charge < -0.3 is 14.8 Å². The summed E-state index contributed by atoms with van der Waals surface area (Å²) in [5.41, 5.74) is 1.26. The average molecular weight is 394 g/mol. The molecule has 27 heavy (non-hydrogen) atoms. The number of aromatic nitrogens is 1. The molecule has 0 atom stereocenters. The highest BCUT2D eigenvalue weighted by molar-refractivity contribution is 7.10. The first-order chi connectivity index (χ1) is 13.1. The van der Waals surface area contributed by atoms with Crippen LogP contribution < -0.4 is 5.32 Å². The van der Waals surface area contributed by atoms with E-state index >= 15 is 0 Å². The van der Waals surface area contributed by atoms with Gasteiger partial charge in [-0.05, 0) is 50.8 Å². The molecule has 1 aliphatic rings. The topological polar surface area (TPSA) is 63.7 Å². The van der Waals surface area contributed by atoms with Crippen molar-refractivity contribution in [2.45, 2.75) is 32.6 Å². The zero-order valence-corrected chi connectivity index (χ0v) is 17.2. The van der Waals surface area contributed by atoms with Crippen molar-refractivity contribution in [1.82, 2.24) is 15.2 Å². The Kier molecular flexibility index (Phi) is 9.35. The zero-order valence-electron chi connectivity index (χ0n) is 16.4. The molecule has 0 spiro atoms. The number of nitrogens with zero attached hydrogens (tertiary/aromatic N) is 2. The smallest absolute Gasteiger partial charge is 0.406 e. The van der Waals surface area contributed by atoms with Gasteiger partial charge in [0.05, 0.1) is 19.5 Å². The number of methoxy groups -OCH3 is 1. The second-order valence-electron chi connectivity index (χ2n) is 6.65. The van der Waals surface area contributed by atoms with Gasteiger partial charge in [-0.25, -0.2) is 9.78 Å². The van der Waals surface area contributed by atoms with Crippen LogP contribution in [0.4, 0.5) is 4.79 Å². The summed E-state index contributed by atoms with van der Waals surface area (Å²) in [5, 5.41) is 5.90. The lowest BCUT2D eigenvalue weighted by Crippen LogP contribution is -2.38. The molecule has 0 aromatic carbocycles. The largest absolute Gasteiger partial charge is 0.499 e. The number of allylic oxidation sites excluding steroid dienone is 2. The minimum atomic E-state index is -0.345. The minimum Gasteiger partial charge on any atom is -0.499 e. The molecule has 6 nitrogen and oxygen atoms in total. The van der Waals surface area contributed by atoms with Crippen LogP contribution in [0.2, 0.25) is 0 Å². The molecular formula is C20H31N3O3S. The summed E-state index contributed by atoms with van der Waals surface area (Å²) in [4.78, 5) is 18.1. The number of ether oxygens (including phenoxy) is 2. The summed E-state index contributed by atoms with van der Waals surface area (Å²) < 4.78 is 10.1. The highest BCUT2D eigenvalue weighted by Crippen LogP contribution is 2.25. The van der Waals surface area contributed by atoms with Gasteiger partial charge in [0, 0.05) is 31.1 Å². The molecule has 1 saturated heterocycles.